The third kappa shape index (κ3) is 3.90. The molecule has 1 aliphatic heterocycles. The summed E-state index contributed by atoms with van der Waals surface area (Å²) < 4.78 is 7.01. The highest BCUT2D eigenvalue weighted by molar-refractivity contribution is 7.17. The predicted molar refractivity (Wildman–Crippen MR) is 127 cm³/mol. The van der Waals surface area contributed by atoms with Crippen LogP contribution < -0.4 is 9.64 Å². The molecule has 1 fully saturated rings. The first-order valence-electron chi connectivity index (χ1n) is 10.5. The molecule has 0 spiro atoms. The van der Waals surface area contributed by atoms with Gasteiger partial charge < -0.3 is 14.7 Å². The summed E-state index contributed by atoms with van der Waals surface area (Å²) in [5.74, 6) is 1.58. The van der Waals surface area contributed by atoms with Gasteiger partial charge in [0.05, 0.1) is 18.0 Å². The van der Waals surface area contributed by atoms with Crippen molar-refractivity contribution < 1.29 is 9.84 Å². The van der Waals surface area contributed by atoms with E-state index in [1.165, 1.54) is 15.9 Å². The van der Waals surface area contributed by atoms with Crippen LogP contribution in [0.15, 0.2) is 48.5 Å². The third-order valence-electron chi connectivity index (χ3n) is 5.82. The van der Waals surface area contributed by atoms with E-state index in [-0.39, 0.29) is 11.9 Å². The number of anilines is 1. The van der Waals surface area contributed by atoms with Crippen LogP contribution in [0.5, 0.6) is 11.6 Å². The molecule has 32 heavy (non-hydrogen) atoms. The van der Waals surface area contributed by atoms with Gasteiger partial charge in [0.2, 0.25) is 10.8 Å². The Morgan fingerprint density at radius 1 is 1.09 bits per heavy atom. The quantitative estimate of drug-likeness (QED) is 0.468. The number of thiazole rings is 1. The predicted octanol–water partition coefficient (Wildman–Crippen LogP) is 4.38. The molecule has 2 aromatic carbocycles. The zero-order valence-corrected chi connectivity index (χ0v) is 19.5. The van der Waals surface area contributed by atoms with Gasteiger partial charge in [-0.2, -0.15) is 4.52 Å². The number of halogens is 1. The van der Waals surface area contributed by atoms with Crippen molar-refractivity contribution in [3.05, 3.63) is 69.8 Å². The summed E-state index contributed by atoms with van der Waals surface area (Å²) in [6.07, 6.45) is 0. The van der Waals surface area contributed by atoms with E-state index in [9.17, 15) is 5.11 Å². The molecule has 1 saturated heterocycles. The Morgan fingerprint density at radius 3 is 2.59 bits per heavy atom. The van der Waals surface area contributed by atoms with Gasteiger partial charge in [-0.15, -0.1) is 5.10 Å². The van der Waals surface area contributed by atoms with Crippen molar-refractivity contribution in [3.8, 4) is 11.6 Å². The summed E-state index contributed by atoms with van der Waals surface area (Å²) in [5.41, 5.74) is 2.20. The maximum atomic E-state index is 11.0. The molecule has 0 bridgehead atoms. The van der Waals surface area contributed by atoms with Crippen molar-refractivity contribution in [1.82, 2.24) is 19.5 Å². The lowest BCUT2D eigenvalue weighted by molar-refractivity contribution is 0.211. The maximum Gasteiger partial charge on any atom is 0.230 e. The fraction of sp³-hybridized carbons (Fsp3) is 0.304. The van der Waals surface area contributed by atoms with Crippen LogP contribution in [-0.2, 0) is 0 Å². The average molecular weight is 470 g/mol. The second-order valence-electron chi connectivity index (χ2n) is 7.83. The summed E-state index contributed by atoms with van der Waals surface area (Å²) in [5, 5.41) is 16.1. The Balaban J connectivity index is 1.49. The van der Waals surface area contributed by atoms with Crippen molar-refractivity contribution in [2.45, 2.75) is 13.0 Å². The monoisotopic (exact) mass is 469 g/mol. The molecular formula is C23H24ClN5O2S. The molecule has 1 N–H and O–H groups in total. The molecule has 1 atom stereocenters. The van der Waals surface area contributed by atoms with E-state index in [0.717, 1.165) is 53.1 Å². The number of nitrogens with zero attached hydrogens (tertiary/aromatic N) is 5. The van der Waals surface area contributed by atoms with Gasteiger partial charge >= 0.3 is 0 Å². The average Bonchev–Trinajstić information content (AvgIpc) is 3.31. The number of ether oxygens (including phenoxy) is 1. The number of fused-ring (bicyclic) bond motifs is 1. The lowest BCUT2D eigenvalue weighted by Gasteiger charge is -2.40. The molecule has 7 nitrogen and oxygen atoms in total. The molecule has 1 aliphatic rings. The van der Waals surface area contributed by atoms with Gasteiger partial charge in [-0.1, -0.05) is 41.1 Å². The number of methoxy groups -OCH3 is 1. The summed E-state index contributed by atoms with van der Waals surface area (Å²) in [6.45, 7) is 5.22. The Kier molecular flexibility index (Phi) is 5.67. The zero-order chi connectivity index (χ0) is 22.2. The van der Waals surface area contributed by atoms with Gasteiger partial charge in [0.1, 0.15) is 11.6 Å². The van der Waals surface area contributed by atoms with Crippen LogP contribution in [0, 0.1) is 6.92 Å². The lowest BCUT2D eigenvalue weighted by atomic mass is 10.0. The third-order valence-corrected chi connectivity index (χ3v) is 7.12. The standard InChI is InChI=1S/C23H24ClN5O2S/c1-15-25-23-29(26-15)22(30)21(32-23)20(16-5-3-8-19(13-16)31-2)28-11-9-27(10-12-28)18-7-4-6-17(24)14-18/h3-8,13-14,20,30H,9-12H2,1-2H3/t20-/m1/s1. The van der Waals surface area contributed by atoms with Gasteiger partial charge in [0, 0.05) is 36.9 Å². The Labute approximate surface area is 195 Å². The Bertz CT molecular complexity index is 1250. The van der Waals surface area contributed by atoms with Gasteiger partial charge in [-0.3, -0.25) is 4.90 Å². The van der Waals surface area contributed by atoms with Crippen LogP contribution in [0.25, 0.3) is 4.96 Å². The topological polar surface area (TPSA) is 66.1 Å². The molecule has 5 rings (SSSR count). The van der Waals surface area contributed by atoms with Gasteiger partial charge in [-0.25, -0.2) is 4.98 Å². The highest BCUT2D eigenvalue weighted by Gasteiger charge is 2.32. The second kappa shape index (κ2) is 8.61. The minimum absolute atomic E-state index is 0.125. The zero-order valence-electron chi connectivity index (χ0n) is 17.9. The van der Waals surface area contributed by atoms with E-state index >= 15 is 0 Å². The highest BCUT2D eigenvalue weighted by atomic mass is 35.5. The number of rotatable bonds is 5. The number of hydrogen-bond donors (Lipinski definition) is 1. The molecule has 9 heteroatoms. The number of piperazine rings is 1. The fourth-order valence-corrected chi connectivity index (χ4v) is 5.62. The van der Waals surface area contributed by atoms with Crippen LogP contribution in [0.4, 0.5) is 5.69 Å². The van der Waals surface area contributed by atoms with E-state index in [0.29, 0.717) is 10.8 Å². The lowest BCUT2D eigenvalue weighted by Crippen LogP contribution is -2.47. The van der Waals surface area contributed by atoms with E-state index in [1.54, 1.807) is 7.11 Å². The largest absolute Gasteiger partial charge is 0.497 e. The number of aryl methyl sites for hydroxylation is 1. The second-order valence-corrected chi connectivity index (χ2v) is 9.27. The Hall–Kier alpha value is -2.81. The van der Waals surface area contributed by atoms with Crippen LogP contribution in [0.3, 0.4) is 0 Å². The van der Waals surface area contributed by atoms with Crippen LogP contribution in [-0.4, -0.2) is 57.9 Å². The minimum atomic E-state index is -0.125. The highest BCUT2D eigenvalue weighted by Crippen LogP contribution is 2.41. The summed E-state index contributed by atoms with van der Waals surface area (Å²) in [7, 11) is 1.67. The molecule has 0 radical (unpaired) electrons. The summed E-state index contributed by atoms with van der Waals surface area (Å²) in [6, 6.07) is 15.9. The molecule has 0 amide bonds. The molecular weight excluding hydrogens is 446 g/mol. The number of benzene rings is 2. The van der Waals surface area contributed by atoms with Crippen LogP contribution in [0.1, 0.15) is 22.3 Å². The molecule has 3 heterocycles. The van der Waals surface area contributed by atoms with E-state index in [4.69, 9.17) is 16.3 Å². The van der Waals surface area contributed by atoms with Gasteiger partial charge in [0.25, 0.3) is 0 Å². The number of aromatic hydroxyl groups is 1. The number of hydrogen-bond acceptors (Lipinski definition) is 7. The first-order valence-corrected chi connectivity index (χ1v) is 11.7. The Morgan fingerprint density at radius 2 is 1.88 bits per heavy atom. The number of aromatic nitrogens is 3. The van der Waals surface area contributed by atoms with Crippen molar-refractivity contribution >= 4 is 33.6 Å². The van der Waals surface area contributed by atoms with Crippen molar-refractivity contribution in [2.75, 3.05) is 38.2 Å². The molecule has 0 saturated carbocycles. The first kappa shape index (κ1) is 21.1. The molecule has 4 aromatic rings. The maximum absolute atomic E-state index is 11.0. The molecule has 2 aromatic heterocycles. The van der Waals surface area contributed by atoms with Crippen LogP contribution in [0.2, 0.25) is 5.02 Å². The SMILES string of the molecule is COc1cccc([C@H](c2sc3nc(C)nn3c2O)N2CCN(c3cccc(Cl)c3)CC2)c1. The fourth-order valence-electron chi connectivity index (χ4n) is 4.28. The van der Waals surface area contributed by atoms with E-state index < -0.39 is 0 Å². The van der Waals surface area contributed by atoms with Gasteiger partial charge in [0.15, 0.2) is 0 Å². The summed E-state index contributed by atoms with van der Waals surface area (Å²) in [4.78, 5) is 10.7. The van der Waals surface area contributed by atoms with Gasteiger partial charge in [-0.05, 0) is 42.8 Å². The first-order chi connectivity index (χ1) is 15.5. The van der Waals surface area contributed by atoms with E-state index in [2.05, 4.69) is 32.0 Å². The van der Waals surface area contributed by atoms with Crippen molar-refractivity contribution in [3.63, 3.8) is 0 Å². The smallest absolute Gasteiger partial charge is 0.230 e. The van der Waals surface area contributed by atoms with Crippen molar-refractivity contribution in [1.29, 1.82) is 0 Å². The minimum Gasteiger partial charge on any atom is -0.497 e. The van der Waals surface area contributed by atoms with Crippen molar-refractivity contribution in [2.24, 2.45) is 0 Å². The molecule has 0 unspecified atom stereocenters. The van der Waals surface area contributed by atoms with E-state index in [1.807, 2.05) is 43.3 Å². The molecule has 166 valence electrons. The molecule has 0 aliphatic carbocycles. The summed E-state index contributed by atoms with van der Waals surface area (Å²) >= 11 is 7.68. The normalized spacial score (nSPS) is 15.9. The van der Waals surface area contributed by atoms with Crippen LogP contribution >= 0.6 is 22.9 Å².